The average molecular weight is 477 g/mol. The summed E-state index contributed by atoms with van der Waals surface area (Å²) in [6, 6.07) is 25.3. The molecule has 0 aliphatic carbocycles. The number of para-hydroxylation sites is 1. The van der Waals surface area contributed by atoms with Gasteiger partial charge in [0.15, 0.2) is 5.11 Å². The molecule has 7 heteroatoms. The summed E-state index contributed by atoms with van der Waals surface area (Å²) >= 11 is 12.2. The number of aliphatic imine (C=N–C) groups is 1. The Hall–Kier alpha value is -3.22. The number of carbonyl (C=O) groups is 1. The SMILES string of the molecule is CCN(Cc1ccccc1)C(=S)NC1N=C(c2ccccc2Cl)c2ccccc2N(C)C1=O. The predicted octanol–water partition coefficient (Wildman–Crippen LogP) is 4.88. The Bertz CT molecular complexity index is 1200. The number of thiocarbonyl (C=S) groups is 1. The number of hydrogen-bond acceptors (Lipinski definition) is 3. The molecule has 0 bridgehead atoms. The Morgan fingerprint density at radius 2 is 1.67 bits per heavy atom. The fourth-order valence-electron chi connectivity index (χ4n) is 3.82. The van der Waals surface area contributed by atoms with Gasteiger partial charge in [0.2, 0.25) is 6.17 Å². The molecule has 3 aromatic rings. The second-order valence-electron chi connectivity index (χ2n) is 7.72. The molecule has 1 heterocycles. The lowest BCUT2D eigenvalue weighted by molar-refractivity contribution is -0.119. The van der Waals surface area contributed by atoms with Crippen molar-refractivity contribution in [2.24, 2.45) is 4.99 Å². The Morgan fingerprint density at radius 1 is 1.03 bits per heavy atom. The highest BCUT2D eigenvalue weighted by atomic mass is 35.5. The maximum Gasteiger partial charge on any atom is 0.272 e. The van der Waals surface area contributed by atoms with Crippen molar-refractivity contribution >= 4 is 46.2 Å². The molecule has 1 atom stereocenters. The van der Waals surface area contributed by atoms with Crippen molar-refractivity contribution in [2.75, 3.05) is 18.5 Å². The summed E-state index contributed by atoms with van der Waals surface area (Å²) in [5.41, 5.74) is 4.17. The molecule has 1 N–H and O–H groups in total. The first-order valence-electron chi connectivity index (χ1n) is 10.8. The number of anilines is 1. The van der Waals surface area contributed by atoms with Crippen molar-refractivity contribution in [3.63, 3.8) is 0 Å². The number of rotatable bonds is 5. The van der Waals surface area contributed by atoms with Gasteiger partial charge in [-0.05, 0) is 36.8 Å². The fraction of sp³-hybridized carbons (Fsp3) is 0.192. The van der Waals surface area contributed by atoms with E-state index in [0.29, 0.717) is 28.9 Å². The number of fused-ring (bicyclic) bond motifs is 1. The smallest absolute Gasteiger partial charge is 0.272 e. The predicted molar refractivity (Wildman–Crippen MR) is 139 cm³/mol. The van der Waals surface area contributed by atoms with Crippen molar-refractivity contribution in [3.8, 4) is 0 Å². The molecule has 1 amide bonds. The molecule has 0 saturated heterocycles. The van der Waals surface area contributed by atoms with E-state index in [9.17, 15) is 4.79 Å². The molecule has 0 radical (unpaired) electrons. The van der Waals surface area contributed by atoms with Gasteiger partial charge < -0.3 is 15.1 Å². The first kappa shape index (κ1) is 23.0. The number of nitrogens with one attached hydrogen (secondary N) is 1. The normalized spacial score (nSPS) is 15.4. The van der Waals surface area contributed by atoms with Crippen LogP contribution in [0.2, 0.25) is 5.02 Å². The lowest BCUT2D eigenvalue weighted by Gasteiger charge is -2.27. The first-order valence-corrected chi connectivity index (χ1v) is 11.6. The van der Waals surface area contributed by atoms with E-state index < -0.39 is 6.17 Å². The molecular formula is C26H25ClN4OS. The third-order valence-corrected chi connectivity index (χ3v) is 6.32. The number of carbonyl (C=O) groups excluding carboxylic acids is 1. The number of likely N-dealkylation sites (N-methyl/N-ethyl adjacent to an activating group) is 1. The van der Waals surface area contributed by atoms with E-state index >= 15 is 0 Å². The van der Waals surface area contributed by atoms with Gasteiger partial charge in [0, 0.05) is 36.3 Å². The summed E-state index contributed by atoms with van der Waals surface area (Å²) in [6.07, 6.45) is -0.883. The lowest BCUT2D eigenvalue weighted by atomic mass is 10.0. The van der Waals surface area contributed by atoms with Crippen molar-refractivity contribution in [1.82, 2.24) is 10.2 Å². The zero-order valence-electron chi connectivity index (χ0n) is 18.5. The molecule has 168 valence electrons. The van der Waals surface area contributed by atoms with Crippen molar-refractivity contribution in [1.29, 1.82) is 0 Å². The number of nitrogens with zero attached hydrogens (tertiary/aromatic N) is 3. The third kappa shape index (κ3) is 4.92. The summed E-state index contributed by atoms with van der Waals surface area (Å²) in [6.45, 7) is 3.37. The van der Waals surface area contributed by atoms with Crippen LogP contribution in [0.4, 0.5) is 5.69 Å². The monoisotopic (exact) mass is 476 g/mol. The Balaban J connectivity index is 1.70. The van der Waals surface area contributed by atoms with Crippen LogP contribution in [-0.2, 0) is 11.3 Å². The Labute approximate surface area is 204 Å². The van der Waals surface area contributed by atoms with E-state index in [4.69, 9.17) is 28.8 Å². The average Bonchev–Trinajstić information content (AvgIpc) is 2.94. The standard InChI is InChI=1S/C26H25ClN4OS/c1-3-31(17-18-11-5-4-6-12-18)26(33)29-24-25(32)30(2)22-16-10-8-14-20(22)23(28-24)19-13-7-9-15-21(19)27/h4-16,24H,3,17H2,1-2H3,(H,29,33). The zero-order valence-corrected chi connectivity index (χ0v) is 20.1. The van der Waals surface area contributed by atoms with Gasteiger partial charge in [0.05, 0.1) is 11.4 Å². The minimum absolute atomic E-state index is 0.192. The van der Waals surface area contributed by atoms with Crippen LogP contribution in [0.15, 0.2) is 83.9 Å². The zero-order chi connectivity index (χ0) is 23.4. The molecule has 4 rings (SSSR count). The number of amides is 1. The highest BCUT2D eigenvalue weighted by molar-refractivity contribution is 7.80. The Morgan fingerprint density at radius 3 is 2.36 bits per heavy atom. The van der Waals surface area contributed by atoms with Gasteiger partial charge in [0.25, 0.3) is 5.91 Å². The minimum atomic E-state index is -0.883. The van der Waals surface area contributed by atoms with Crippen LogP contribution in [0.1, 0.15) is 23.6 Å². The highest BCUT2D eigenvalue weighted by Crippen LogP contribution is 2.29. The van der Waals surface area contributed by atoms with E-state index in [2.05, 4.69) is 17.4 Å². The van der Waals surface area contributed by atoms with Crippen LogP contribution in [0.25, 0.3) is 0 Å². The van der Waals surface area contributed by atoms with Gasteiger partial charge in [-0.25, -0.2) is 4.99 Å². The molecular weight excluding hydrogens is 452 g/mol. The van der Waals surface area contributed by atoms with Gasteiger partial charge in [-0.3, -0.25) is 4.79 Å². The highest BCUT2D eigenvalue weighted by Gasteiger charge is 2.31. The van der Waals surface area contributed by atoms with E-state index in [1.807, 2.05) is 78.6 Å². The van der Waals surface area contributed by atoms with Gasteiger partial charge >= 0.3 is 0 Å². The molecule has 5 nitrogen and oxygen atoms in total. The second-order valence-corrected chi connectivity index (χ2v) is 8.52. The summed E-state index contributed by atoms with van der Waals surface area (Å²) in [5.74, 6) is -0.192. The number of hydrogen-bond donors (Lipinski definition) is 1. The number of benzodiazepines with no additional fused rings is 1. The maximum absolute atomic E-state index is 13.4. The van der Waals surface area contributed by atoms with Gasteiger partial charge in [-0.2, -0.15) is 0 Å². The molecule has 1 aliphatic heterocycles. The first-order chi connectivity index (χ1) is 16.0. The molecule has 1 unspecified atom stereocenters. The Kier molecular flexibility index (Phi) is 7.06. The molecule has 0 spiro atoms. The molecule has 3 aromatic carbocycles. The summed E-state index contributed by atoms with van der Waals surface area (Å²) in [5, 5.41) is 4.25. The van der Waals surface area contributed by atoms with Crippen LogP contribution in [0.5, 0.6) is 0 Å². The van der Waals surface area contributed by atoms with E-state index in [1.165, 1.54) is 0 Å². The summed E-state index contributed by atoms with van der Waals surface area (Å²) < 4.78 is 0. The molecule has 33 heavy (non-hydrogen) atoms. The summed E-state index contributed by atoms with van der Waals surface area (Å²) in [7, 11) is 1.76. The van der Waals surface area contributed by atoms with Crippen molar-refractivity contribution in [3.05, 3.63) is 101 Å². The van der Waals surface area contributed by atoms with E-state index in [-0.39, 0.29) is 5.91 Å². The molecule has 1 aliphatic rings. The lowest BCUT2D eigenvalue weighted by Crippen LogP contribution is -2.50. The molecule has 0 fully saturated rings. The third-order valence-electron chi connectivity index (χ3n) is 5.62. The fourth-order valence-corrected chi connectivity index (χ4v) is 4.35. The van der Waals surface area contributed by atoms with E-state index in [0.717, 1.165) is 22.4 Å². The van der Waals surface area contributed by atoms with Gasteiger partial charge in [-0.1, -0.05) is 78.3 Å². The van der Waals surface area contributed by atoms with Crippen LogP contribution in [0, 0.1) is 0 Å². The van der Waals surface area contributed by atoms with E-state index in [1.54, 1.807) is 11.9 Å². The van der Waals surface area contributed by atoms with Crippen molar-refractivity contribution < 1.29 is 4.79 Å². The maximum atomic E-state index is 13.4. The van der Waals surface area contributed by atoms with Crippen LogP contribution < -0.4 is 10.2 Å². The van der Waals surface area contributed by atoms with Crippen LogP contribution >= 0.6 is 23.8 Å². The van der Waals surface area contributed by atoms with Crippen molar-refractivity contribution in [2.45, 2.75) is 19.6 Å². The number of halogens is 1. The number of benzene rings is 3. The van der Waals surface area contributed by atoms with Gasteiger partial charge in [-0.15, -0.1) is 0 Å². The van der Waals surface area contributed by atoms with Gasteiger partial charge in [0.1, 0.15) is 0 Å². The van der Waals surface area contributed by atoms with Crippen LogP contribution in [-0.4, -0.2) is 41.4 Å². The topological polar surface area (TPSA) is 47.9 Å². The van der Waals surface area contributed by atoms with Crippen LogP contribution in [0.3, 0.4) is 0 Å². The summed E-state index contributed by atoms with van der Waals surface area (Å²) in [4.78, 5) is 21.9. The molecule has 0 aromatic heterocycles. The minimum Gasteiger partial charge on any atom is -0.345 e. The second kappa shape index (κ2) is 10.1. The molecule has 0 saturated carbocycles. The quantitative estimate of drug-likeness (QED) is 0.533. The largest absolute Gasteiger partial charge is 0.345 e.